The van der Waals surface area contributed by atoms with Gasteiger partial charge in [-0.2, -0.15) is 0 Å². The fourth-order valence-corrected chi connectivity index (χ4v) is 5.53. The summed E-state index contributed by atoms with van der Waals surface area (Å²) in [6.07, 6.45) is 3.29. The Balaban J connectivity index is 1.60. The second-order valence-electron chi connectivity index (χ2n) is 8.98. The third kappa shape index (κ3) is 6.75. The van der Waals surface area contributed by atoms with Crippen LogP contribution in [0.4, 0.5) is 0 Å². The molecule has 8 heteroatoms. The number of hydrogen-bond donors (Lipinski definition) is 1. The first kappa shape index (κ1) is 27.2. The molecule has 0 aliphatic rings. The highest BCUT2D eigenvalue weighted by Gasteiger charge is 2.23. The molecule has 0 radical (unpaired) electrons. The van der Waals surface area contributed by atoms with Gasteiger partial charge in [-0.05, 0) is 73.7 Å². The van der Waals surface area contributed by atoms with Gasteiger partial charge in [0.1, 0.15) is 0 Å². The molecule has 0 aliphatic heterocycles. The molecule has 0 fully saturated rings. The van der Waals surface area contributed by atoms with Gasteiger partial charge in [-0.25, -0.2) is 0 Å². The van der Waals surface area contributed by atoms with Gasteiger partial charge in [0.15, 0.2) is 11.0 Å². The van der Waals surface area contributed by atoms with Crippen LogP contribution < -0.4 is 5.32 Å². The predicted molar refractivity (Wildman–Crippen MR) is 153 cm³/mol. The lowest BCUT2D eigenvalue weighted by Gasteiger charge is -2.17. The molecule has 0 spiro atoms. The number of carbonyl (C=O) groups excluding carboxylic acids is 1. The molecule has 0 saturated heterocycles. The predicted octanol–water partition coefficient (Wildman–Crippen LogP) is 8.01. The molecule has 4 aromatic rings. The van der Waals surface area contributed by atoms with Crippen molar-refractivity contribution in [3.8, 4) is 5.69 Å². The smallest absolute Gasteiger partial charge is 0.251 e. The number of hydrogen-bond acceptors (Lipinski definition) is 4. The van der Waals surface area contributed by atoms with E-state index in [-0.39, 0.29) is 5.91 Å². The number of thioether (sulfide) groups is 1. The summed E-state index contributed by atoms with van der Waals surface area (Å²) in [5.41, 5.74) is 4.98. The van der Waals surface area contributed by atoms with Gasteiger partial charge in [0.05, 0.1) is 16.8 Å². The average molecular weight is 554 g/mol. The highest BCUT2D eigenvalue weighted by atomic mass is 35.5. The molecule has 1 unspecified atom stereocenters. The van der Waals surface area contributed by atoms with Gasteiger partial charge >= 0.3 is 0 Å². The van der Waals surface area contributed by atoms with Crippen molar-refractivity contribution < 1.29 is 4.79 Å². The Kier molecular flexibility index (Phi) is 9.30. The Morgan fingerprint density at radius 1 is 1.05 bits per heavy atom. The highest BCUT2D eigenvalue weighted by molar-refractivity contribution is 7.98. The first-order valence-electron chi connectivity index (χ1n) is 12.3. The molecule has 1 N–H and O–H groups in total. The summed E-state index contributed by atoms with van der Waals surface area (Å²) >= 11 is 14.3. The Morgan fingerprint density at radius 2 is 1.81 bits per heavy atom. The van der Waals surface area contributed by atoms with Crippen molar-refractivity contribution in [3.63, 3.8) is 0 Å². The van der Waals surface area contributed by atoms with Gasteiger partial charge in [-0.15, -0.1) is 10.2 Å². The molecule has 1 amide bonds. The van der Waals surface area contributed by atoms with Crippen LogP contribution in [0.15, 0.2) is 71.9 Å². The summed E-state index contributed by atoms with van der Waals surface area (Å²) in [6.45, 7) is 6.16. The van der Waals surface area contributed by atoms with Crippen molar-refractivity contribution >= 4 is 40.9 Å². The molecule has 192 valence electrons. The summed E-state index contributed by atoms with van der Waals surface area (Å²) in [6, 6.07) is 21.0. The van der Waals surface area contributed by atoms with Crippen molar-refractivity contribution in [1.82, 2.24) is 20.1 Å². The molecule has 3 aromatic carbocycles. The lowest BCUT2D eigenvalue weighted by Crippen LogP contribution is -2.28. The third-order valence-corrected chi connectivity index (χ3v) is 7.71. The van der Waals surface area contributed by atoms with E-state index in [1.165, 1.54) is 16.7 Å². The number of rotatable bonds is 10. The quantitative estimate of drug-likeness (QED) is 0.202. The second-order valence-corrected chi connectivity index (χ2v) is 10.8. The van der Waals surface area contributed by atoms with Crippen molar-refractivity contribution in [2.45, 2.75) is 57.0 Å². The molecule has 37 heavy (non-hydrogen) atoms. The Hall–Kier alpha value is -2.80. The lowest BCUT2D eigenvalue weighted by atomic mass is 10.1. The summed E-state index contributed by atoms with van der Waals surface area (Å²) in [4.78, 5) is 13.1. The van der Waals surface area contributed by atoms with E-state index in [1.807, 2.05) is 54.0 Å². The lowest BCUT2D eigenvalue weighted by molar-refractivity contribution is 0.0938. The maximum absolute atomic E-state index is 13.1. The van der Waals surface area contributed by atoms with Gasteiger partial charge in [0.2, 0.25) is 0 Å². The molecule has 0 aliphatic carbocycles. The van der Waals surface area contributed by atoms with E-state index in [0.29, 0.717) is 32.3 Å². The summed E-state index contributed by atoms with van der Waals surface area (Å²) in [5, 5.41) is 13.7. The molecule has 5 nitrogen and oxygen atoms in total. The van der Waals surface area contributed by atoms with E-state index in [0.717, 1.165) is 25.0 Å². The number of amides is 1. The number of aryl methyl sites for hydroxylation is 2. The van der Waals surface area contributed by atoms with E-state index in [4.69, 9.17) is 23.2 Å². The average Bonchev–Trinajstić information content (AvgIpc) is 3.31. The van der Waals surface area contributed by atoms with Crippen LogP contribution in [0.5, 0.6) is 0 Å². The first-order valence-corrected chi connectivity index (χ1v) is 14.1. The van der Waals surface area contributed by atoms with E-state index in [1.54, 1.807) is 23.9 Å². The van der Waals surface area contributed by atoms with Gasteiger partial charge in [0, 0.05) is 16.3 Å². The van der Waals surface area contributed by atoms with Crippen LogP contribution in [0.2, 0.25) is 10.0 Å². The number of unbranched alkanes of at least 4 members (excludes halogenated alkanes) is 1. The molecule has 1 heterocycles. The zero-order chi connectivity index (χ0) is 26.4. The summed E-state index contributed by atoms with van der Waals surface area (Å²) in [5.74, 6) is 1.14. The minimum Gasteiger partial charge on any atom is -0.342 e. The minimum atomic E-state index is -0.417. The van der Waals surface area contributed by atoms with Crippen LogP contribution in [0, 0.1) is 6.92 Å². The number of halogens is 2. The molecular weight excluding hydrogens is 523 g/mol. The van der Waals surface area contributed by atoms with Crippen LogP contribution in [0.1, 0.15) is 65.6 Å². The maximum Gasteiger partial charge on any atom is 0.251 e. The van der Waals surface area contributed by atoms with Crippen molar-refractivity contribution in [3.05, 3.63) is 105 Å². The number of nitrogens with zero attached hydrogens (tertiary/aromatic N) is 3. The van der Waals surface area contributed by atoms with E-state index in [9.17, 15) is 4.79 Å². The largest absolute Gasteiger partial charge is 0.342 e. The zero-order valence-electron chi connectivity index (χ0n) is 21.2. The van der Waals surface area contributed by atoms with Gasteiger partial charge in [-0.3, -0.25) is 9.36 Å². The van der Waals surface area contributed by atoms with E-state index >= 15 is 0 Å². The van der Waals surface area contributed by atoms with Crippen LogP contribution in [0.3, 0.4) is 0 Å². The topological polar surface area (TPSA) is 59.8 Å². The monoisotopic (exact) mass is 552 g/mol. The second kappa shape index (κ2) is 12.6. The van der Waals surface area contributed by atoms with Gasteiger partial charge in [-0.1, -0.05) is 84.7 Å². The molecule has 1 aromatic heterocycles. The minimum absolute atomic E-state index is 0.166. The fraction of sp³-hybridized carbons (Fsp3) is 0.276. The van der Waals surface area contributed by atoms with Crippen LogP contribution in [-0.2, 0) is 12.2 Å². The summed E-state index contributed by atoms with van der Waals surface area (Å²) < 4.78 is 1.90. The number of benzene rings is 3. The van der Waals surface area contributed by atoms with Crippen LogP contribution >= 0.6 is 35.0 Å². The van der Waals surface area contributed by atoms with Crippen molar-refractivity contribution in [2.24, 2.45) is 0 Å². The third-order valence-electron chi connectivity index (χ3n) is 6.20. The Bertz CT molecular complexity index is 1370. The number of carbonyl (C=O) groups is 1. The Labute approximate surface area is 232 Å². The number of nitrogens with one attached hydrogen (secondary N) is 1. The van der Waals surface area contributed by atoms with E-state index < -0.39 is 6.04 Å². The SMILES string of the molecule is CCCCc1ccc(C(=O)NC(C)c2nnc(SCc3ccccc3C)n2-c2ccc(Cl)cc2Cl)cc1. The van der Waals surface area contributed by atoms with E-state index in [2.05, 4.69) is 41.5 Å². The molecule has 1 atom stereocenters. The number of aromatic nitrogens is 3. The fourth-order valence-electron chi connectivity index (χ4n) is 4.01. The first-order chi connectivity index (χ1) is 17.9. The standard InChI is InChI=1S/C29H30Cl2N4OS/c1-4-5-9-21-11-13-22(14-12-21)28(36)32-20(3)27-33-34-29(37-18-23-10-7-6-8-19(23)2)35(27)26-16-15-24(30)17-25(26)31/h6-8,10-17,20H,4-5,9,18H2,1-3H3,(H,32,36). The zero-order valence-corrected chi connectivity index (χ0v) is 23.5. The van der Waals surface area contributed by atoms with Gasteiger partial charge < -0.3 is 5.32 Å². The Morgan fingerprint density at radius 3 is 2.51 bits per heavy atom. The van der Waals surface area contributed by atoms with Crippen molar-refractivity contribution in [1.29, 1.82) is 0 Å². The molecule has 0 bridgehead atoms. The molecular formula is C29H30Cl2N4OS. The molecule has 4 rings (SSSR count). The van der Waals surface area contributed by atoms with Crippen LogP contribution in [0.25, 0.3) is 5.69 Å². The highest BCUT2D eigenvalue weighted by Crippen LogP contribution is 2.32. The van der Waals surface area contributed by atoms with Crippen LogP contribution in [-0.4, -0.2) is 20.7 Å². The maximum atomic E-state index is 13.1. The van der Waals surface area contributed by atoms with Gasteiger partial charge in [0.25, 0.3) is 5.91 Å². The molecule has 0 saturated carbocycles. The summed E-state index contributed by atoms with van der Waals surface area (Å²) in [7, 11) is 0. The normalized spacial score (nSPS) is 11.9. The van der Waals surface area contributed by atoms with Crippen molar-refractivity contribution in [2.75, 3.05) is 0 Å².